The number of hydrogen-bond acceptors (Lipinski definition) is 4. The van der Waals surface area contributed by atoms with Crippen molar-refractivity contribution in [2.75, 3.05) is 14.2 Å². The largest absolute Gasteiger partial charge is 0.497 e. The minimum absolute atomic E-state index is 0.154. The van der Waals surface area contributed by atoms with Crippen LogP contribution < -0.4 is 14.8 Å². The van der Waals surface area contributed by atoms with E-state index in [-0.39, 0.29) is 5.91 Å². The molecule has 1 aromatic heterocycles. The van der Waals surface area contributed by atoms with Crippen LogP contribution in [0, 0.1) is 6.92 Å². The van der Waals surface area contributed by atoms with Gasteiger partial charge in [0.25, 0.3) is 5.91 Å². The van der Waals surface area contributed by atoms with Gasteiger partial charge in [-0.2, -0.15) is 5.10 Å². The van der Waals surface area contributed by atoms with E-state index in [2.05, 4.69) is 10.4 Å². The van der Waals surface area contributed by atoms with Gasteiger partial charge in [-0.15, -0.1) is 0 Å². The summed E-state index contributed by atoms with van der Waals surface area (Å²) in [6, 6.07) is 14.7. The summed E-state index contributed by atoms with van der Waals surface area (Å²) in [5.74, 6) is 1.27. The summed E-state index contributed by atoms with van der Waals surface area (Å²) >= 11 is 0. The Morgan fingerprint density at radius 2 is 1.85 bits per heavy atom. The molecule has 0 aliphatic carbocycles. The minimum Gasteiger partial charge on any atom is -0.497 e. The third-order valence-electron chi connectivity index (χ3n) is 4.13. The van der Waals surface area contributed by atoms with Gasteiger partial charge in [-0.05, 0) is 55.5 Å². The van der Waals surface area contributed by atoms with E-state index < -0.39 is 0 Å². The first kappa shape index (κ1) is 17.5. The molecular weight excluding hydrogens is 330 g/mol. The zero-order valence-electron chi connectivity index (χ0n) is 15.0. The molecule has 3 rings (SSSR count). The minimum atomic E-state index is -0.154. The zero-order valence-corrected chi connectivity index (χ0v) is 15.0. The van der Waals surface area contributed by atoms with E-state index >= 15 is 0 Å². The highest BCUT2D eigenvalue weighted by atomic mass is 16.5. The highest BCUT2D eigenvalue weighted by molar-refractivity contribution is 5.94. The van der Waals surface area contributed by atoms with Gasteiger partial charge in [0.15, 0.2) is 0 Å². The average Bonchev–Trinajstić information content (AvgIpc) is 3.11. The molecule has 2 aromatic carbocycles. The van der Waals surface area contributed by atoms with E-state index in [0.717, 1.165) is 16.9 Å². The molecule has 1 heterocycles. The monoisotopic (exact) mass is 351 g/mol. The second kappa shape index (κ2) is 7.74. The lowest BCUT2D eigenvalue weighted by Gasteiger charge is -2.12. The van der Waals surface area contributed by atoms with E-state index in [9.17, 15) is 4.79 Å². The standard InChI is InChI=1S/C20H21N3O3/c1-14-10-11-22-23(14)17-6-4-15(5-7-17)20(24)21-13-16-12-18(25-2)8-9-19(16)26-3/h4-12H,13H2,1-3H3,(H,21,24). The zero-order chi connectivity index (χ0) is 18.5. The first-order chi connectivity index (χ1) is 12.6. The number of nitrogens with zero attached hydrogens (tertiary/aromatic N) is 2. The molecular formula is C20H21N3O3. The lowest BCUT2D eigenvalue weighted by Crippen LogP contribution is -2.23. The second-order valence-corrected chi connectivity index (χ2v) is 5.79. The van der Waals surface area contributed by atoms with Gasteiger partial charge >= 0.3 is 0 Å². The van der Waals surface area contributed by atoms with Crippen molar-refractivity contribution in [1.29, 1.82) is 0 Å². The predicted octanol–water partition coefficient (Wildman–Crippen LogP) is 3.13. The van der Waals surface area contributed by atoms with Crippen LogP contribution in [0.2, 0.25) is 0 Å². The van der Waals surface area contributed by atoms with Gasteiger partial charge < -0.3 is 14.8 Å². The Bertz CT molecular complexity index is 901. The summed E-state index contributed by atoms with van der Waals surface area (Å²) in [5, 5.41) is 7.17. The van der Waals surface area contributed by atoms with Crippen LogP contribution in [0.4, 0.5) is 0 Å². The summed E-state index contributed by atoms with van der Waals surface area (Å²) in [5.41, 5.74) is 3.38. The second-order valence-electron chi connectivity index (χ2n) is 5.79. The molecule has 0 bridgehead atoms. The van der Waals surface area contributed by atoms with Crippen molar-refractivity contribution < 1.29 is 14.3 Å². The van der Waals surface area contributed by atoms with Crippen molar-refractivity contribution in [3.05, 3.63) is 71.5 Å². The van der Waals surface area contributed by atoms with Crippen LogP contribution in [0.15, 0.2) is 54.7 Å². The van der Waals surface area contributed by atoms with E-state index in [1.807, 2.05) is 48.0 Å². The predicted molar refractivity (Wildman–Crippen MR) is 99.0 cm³/mol. The number of hydrogen-bond donors (Lipinski definition) is 1. The summed E-state index contributed by atoms with van der Waals surface area (Å²) in [7, 11) is 3.20. The van der Waals surface area contributed by atoms with E-state index in [1.165, 1.54) is 0 Å². The maximum atomic E-state index is 12.4. The Hall–Kier alpha value is -3.28. The number of ether oxygens (including phenoxy) is 2. The maximum absolute atomic E-state index is 12.4. The van der Waals surface area contributed by atoms with Gasteiger partial charge in [0, 0.05) is 29.6 Å². The molecule has 1 amide bonds. The van der Waals surface area contributed by atoms with Crippen molar-refractivity contribution in [3.8, 4) is 17.2 Å². The maximum Gasteiger partial charge on any atom is 0.251 e. The number of benzene rings is 2. The molecule has 0 fully saturated rings. The Morgan fingerprint density at radius 3 is 2.46 bits per heavy atom. The molecule has 26 heavy (non-hydrogen) atoms. The van der Waals surface area contributed by atoms with Gasteiger partial charge in [-0.3, -0.25) is 4.79 Å². The molecule has 6 heteroatoms. The van der Waals surface area contributed by atoms with Crippen molar-refractivity contribution in [3.63, 3.8) is 0 Å². The van der Waals surface area contributed by atoms with Crippen LogP contribution >= 0.6 is 0 Å². The Morgan fingerprint density at radius 1 is 1.08 bits per heavy atom. The smallest absolute Gasteiger partial charge is 0.251 e. The number of aromatic nitrogens is 2. The number of nitrogens with one attached hydrogen (secondary N) is 1. The molecule has 0 aliphatic rings. The van der Waals surface area contributed by atoms with Crippen LogP contribution in [-0.2, 0) is 6.54 Å². The summed E-state index contributed by atoms with van der Waals surface area (Å²) in [6.45, 7) is 2.33. The number of aryl methyl sites for hydroxylation is 1. The molecule has 0 radical (unpaired) electrons. The average molecular weight is 351 g/mol. The number of methoxy groups -OCH3 is 2. The number of carbonyl (C=O) groups excluding carboxylic acids is 1. The Balaban J connectivity index is 1.70. The van der Waals surface area contributed by atoms with Crippen LogP contribution in [0.3, 0.4) is 0 Å². The molecule has 0 spiro atoms. The molecule has 1 N–H and O–H groups in total. The van der Waals surface area contributed by atoms with Gasteiger partial charge in [-0.1, -0.05) is 0 Å². The summed E-state index contributed by atoms with van der Waals surface area (Å²) in [6.07, 6.45) is 1.75. The quantitative estimate of drug-likeness (QED) is 0.741. The molecule has 0 saturated heterocycles. The third kappa shape index (κ3) is 3.69. The van der Waals surface area contributed by atoms with E-state index in [1.54, 1.807) is 32.5 Å². The van der Waals surface area contributed by atoms with Crippen LogP contribution in [0.25, 0.3) is 5.69 Å². The SMILES string of the molecule is COc1ccc(OC)c(CNC(=O)c2ccc(-n3nccc3C)cc2)c1. The fraction of sp³-hybridized carbons (Fsp3) is 0.200. The molecule has 0 unspecified atom stereocenters. The van der Waals surface area contributed by atoms with Gasteiger partial charge in [0.2, 0.25) is 0 Å². The van der Waals surface area contributed by atoms with Crippen molar-refractivity contribution in [1.82, 2.24) is 15.1 Å². The van der Waals surface area contributed by atoms with Gasteiger partial charge in [-0.25, -0.2) is 4.68 Å². The van der Waals surface area contributed by atoms with Crippen LogP contribution in [-0.4, -0.2) is 29.9 Å². The number of amides is 1. The topological polar surface area (TPSA) is 65.4 Å². The highest BCUT2D eigenvalue weighted by Crippen LogP contribution is 2.23. The first-order valence-corrected chi connectivity index (χ1v) is 8.22. The lowest BCUT2D eigenvalue weighted by atomic mass is 10.1. The van der Waals surface area contributed by atoms with E-state index in [0.29, 0.717) is 23.6 Å². The van der Waals surface area contributed by atoms with Gasteiger partial charge in [0.1, 0.15) is 11.5 Å². The Kier molecular flexibility index (Phi) is 5.22. The van der Waals surface area contributed by atoms with Gasteiger partial charge in [0.05, 0.1) is 19.9 Å². The lowest BCUT2D eigenvalue weighted by molar-refractivity contribution is 0.0950. The fourth-order valence-electron chi connectivity index (χ4n) is 2.69. The third-order valence-corrected chi connectivity index (χ3v) is 4.13. The molecule has 6 nitrogen and oxygen atoms in total. The fourth-order valence-corrected chi connectivity index (χ4v) is 2.69. The summed E-state index contributed by atoms with van der Waals surface area (Å²) < 4.78 is 12.4. The molecule has 0 atom stereocenters. The summed E-state index contributed by atoms with van der Waals surface area (Å²) in [4.78, 5) is 12.4. The van der Waals surface area contributed by atoms with Crippen molar-refractivity contribution in [2.24, 2.45) is 0 Å². The van der Waals surface area contributed by atoms with Crippen molar-refractivity contribution >= 4 is 5.91 Å². The molecule has 134 valence electrons. The highest BCUT2D eigenvalue weighted by Gasteiger charge is 2.10. The number of carbonyl (C=O) groups is 1. The van der Waals surface area contributed by atoms with E-state index in [4.69, 9.17) is 9.47 Å². The molecule has 0 saturated carbocycles. The number of rotatable bonds is 6. The normalized spacial score (nSPS) is 10.4. The van der Waals surface area contributed by atoms with Crippen LogP contribution in [0.5, 0.6) is 11.5 Å². The van der Waals surface area contributed by atoms with Crippen LogP contribution in [0.1, 0.15) is 21.6 Å². The first-order valence-electron chi connectivity index (χ1n) is 8.22. The van der Waals surface area contributed by atoms with Crippen molar-refractivity contribution in [2.45, 2.75) is 13.5 Å². The molecule has 0 aliphatic heterocycles. The Labute approximate surface area is 152 Å². The molecule has 3 aromatic rings.